The lowest BCUT2D eigenvalue weighted by molar-refractivity contribution is -0.124. The van der Waals surface area contributed by atoms with Crippen LogP contribution < -0.4 is 5.32 Å². The van der Waals surface area contributed by atoms with Crippen LogP contribution >= 0.6 is 0 Å². The van der Waals surface area contributed by atoms with E-state index in [2.05, 4.69) is 5.32 Å². The topological polar surface area (TPSA) is 46.2 Å². The molecule has 0 aliphatic rings. The lowest BCUT2D eigenvalue weighted by Gasteiger charge is -2.19. The number of hydrogen-bond donors (Lipinski definition) is 1. The molecule has 2 atom stereocenters. The van der Waals surface area contributed by atoms with Crippen molar-refractivity contribution in [2.45, 2.75) is 58.9 Å². The van der Waals surface area contributed by atoms with E-state index in [1.165, 1.54) is 0 Å². The smallest absolute Gasteiger partial charge is 0.152 e. The van der Waals surface area contributed by atoms with Gasteiger partial charge >= 0.3 is 0 Å². The van der Waals surface area contributed by atoms with Gasteiger partial charge in [-0.2, -0.15) is 0 Å². The van der Waals surface area contributed by atoms with Gasteiger partial charge in [0.2, 0.25) is 0 Å². The minimum absolute atomic E-state index is 0.00817. The number of hydrogen-bond acceptors (Lipinski definition) is 3. The summed E-state index contributed by atoms with van der Waals surface area (Å²) in [7, 11) is 0. The van der Waals surface area contributed by atoms with Crippen LogP contribution in [0.15, 0.2) is 0 Å². The Morgan fingerprint density at radius 3 is 2.44 bits per heavy atom. The van der Waals surface area contributed by atoms with Crippen LogP contribution in [-0.2, 0) is 9.59 Å². The lowest BCUT2D eigenvalue weighted by atomic mass is 9.96. The first-order chi connectivity index (χ1) is 7.67. The highest BCUT2D eigenvalue weighted by molar-refractivity contribution is 5.85. The molecule has 0 spiro atoms. The average molecular weight is 227 g/mol. The molecule has 0 heterocycles. The van der Waals surface area contributed by atoms with Crippen LogP contribution in [0.2, 0.25) is 0 Å². The highest BCUT2D eigenvalue weighted by Gasteiger charge is 2.19. The first-order valence-corrected chi connectivity index (χ1v) is 6.38. The average Bonchev–Trinajstić information content (AvgIpc) is 2.32. The molecule has 3 heteroatoms. The standard InChI is InChI=1S/C13H25NO2/c1-4-11(3)13(16)12(5-2)14-9-7-6-8-10-15/h10-12,14H,4-9H2,1-3H3/t11?,12-/m0/s1. The minimum atomic E-state index is -0.00817. The van der Waals surface area contributed by atoms with Crippen molar-refractivity contribution in [2.24, 2.45) is 5.92 Å². The molecule has 0 aliphatic carbocycles. The number of carbonyl (C=O) groups is 2. The number of ketones is 1. The first-order valence-electron chi connectivity index (χ1n) is 6.38. The third-order valence-corrected chi connectivity index (χ3v) is 2.99. The third-order valence-electron chi connectivity index (χ3n) is 2.99. The fourth-order valence-corrected chi connectivity index (χ4v) is 1.62. The summed E-state index contributed by atoms with van der Waals surface area (Å²) >= 11 is 0. The normalized spacial score (nSPS) is 14.4. The molecule has 0 rings (SSSR count). The summed E-state index contributed by atoms with van der Waals surface area (Å²) < 4.78 is 0. The number of rotatable bonds is 10. The van der Waals surface area contributed by atoms with Crippen LogP contribution in [0.3, 0.4) is 0 Å². The van der Waals surface area contributed by atoms with Crippen LogP contribution in [-0.4, -0.2) is 24.7 Å². The SMILES string of the molecule is CCC(C)C(=O)[C@H](CC)NCCCCC=O. The Bertz CT molecular complexity index is 204. The predicted molar refractivity (Wildman–Crippen MR) is 66.5 cm³/mol. The zero-order valence-corrected chi connectivity index (χ0v) is 10.8. The van der Waals surface area contributed by atoms with Gasteiger partial charge in [0, 0.05) is 12.3 Å². The van der Waals surface area contributed by atoms with Crippen molar-refractivity contribution in [1.29, 1.82) is 0 Å². The number of unbranched alkanes of at least 4 members (excludes halogenated alkanes) is 2. The highest BCUT2D eigenvalue weighted by Crippen LogP contribution is 2.08. The van der Waals surface area contributed by atoms with Gasteiger partial charge in [-0.3, -0.25) is 4.79 Å². The quantitative estimate of drug-likeness (QED) is 0.460. The van der Waals surface area contributed by atoms with E-state index in [0.717, 1.165) is 38.5 Å². The summed E-state index contributed by atoms with van der Waals surface area (Å²) in [6, 6.07) is -0.00817. The molecular weight excluding hydrogens is 202 g/mol. The second kappa shape index (κ2) is 9.52. The Hall–Kier alpha value is -0.700. The van der Waals surface area contributed by atoms with E-state index >= 15 is 0 Å². The summed E-state index contributed by atoms with van der Waals surface area (Å²) in [6.45, 7) is 6.89. The highest BCUT2D eigenvalue weighted by atomic mass is 16.1. The van der Waals surface area contributed by atoms with Crippen molar-refractivity contribution < 1.29 is 9.59 Å². The molecule has 0 aromatic rings. The molecule has 0 saturated carbocycles. The van der Waals surface area contributed by atoms with E-state index in [0.29, 0.717) is 12.2 Å². The molecule has 16 heavy (non-hydrogen) atoms. The maximum Gasteiger partial charge on any atom is 0.152 e. The summed E-state index contributed by atoms with van der Waals surface area (Å²) in [5.41, 5.74) is 0. The zero-order chi connectivity index (χ0) is 12.4. The van der Waals surface area contributed by atoms with Gasteiger partial charge in [0.05, 0.1) is 6.04 Å². The van der Waals surface area contributed by atoms with Crippen molar-refractivity contribution in [1.82, 2.24) is 5.32 Å². The molecule has 0 amide bonds. The van der Waals surface area contributed by atoms with Gasteiger partial charge < -0.3 is 10.1 Å². The number of Topliss-reactive ketones (excluding diaryl/α,β-unsaturated/α-hetero) is 1. The van der Waals surface area contributed by atoms with E-state index in [-0.39, 0.29) is 12.0 Å². The lowest BCUT2D eigenvalue weighted by Crippen LogP contribution is -2.39. The fraction of sp³-hybridized carbons (Fsp3) is 0.846. The number of nitrogens with one attached hydrogen (secondary N) is 1. The van der Waals surface area contributed by atoms with Crippen molar-refractivity contribution >= 4 is 12.1 Å². The number of carbonyl (C=O) groups excluding carboxylic acids is 2. The Morgan fingerprint density at radius 2 is 1.94 bits per heavy atom. The Kier molecular flexibility index (Phi) is 9.10. The molecule has 0 bridgehead atoms. The van der Waals surface area contributed by atoms with Gasteiger partial charge in [-0.15, -0.1) is 0 Å². The molecule has 0 aliphatic heterocycles. The number of aldehydes is 1. The van der Waals surface area contributed by atoms with Gasteiger partial charge in [0.1, 0.15) is 6.29 Å². The molecule has 0 aromatic carbocycles. The predicted octanol–water partition coefficient (Wildman–Crippen LogP) is 2.34. The van der Waals surface area contributed by atoms with Crippen molar-refractivity contribution in [3.63, 3.8) is 0 Å². The second-order valence-electron chi connectivity index (χ2n) is 4.29. The summed E-state index contributed by atoms with van der Waals surface area (Å²) in [5.74, 6) is 0.466. The maximum absolute atomic E-state index is 11.9. The third kappa shape index (κ3) is 6.01. The summed E-state index contributed by atoms with van der Waals surface area (Å²) in [5, 5.41) is 3.28. The van der Waals surface area contributed by atoms with E-state index in [1.54, 1.807) is 0 Å². The molecule has 0 radical (unpaired) electrons. The Balaban J connectivity index is 3.82. The van der Waals surface area contributed by atoms with Crippen LogP contribution in [0.25, 0.3) is 0 Å². The molecular formula is C13H25NO2. The maximum atomic E-state index is 11.9. The molecule has 3 nitrogen and oxygen atoms in total. The van der Waals surface area contributed by atoms with Crippen LogP contribution in [0.4, 0.5) is 0 Å². The molecule has 0 fully saturated rings. The molecule has 94 valence electrons. The van der Waals surface area contributed by atoms with Gasteiger partial charge in [0.15, 0.2) is 5.78 Å². The van der Waals surface area contributed by atoms with E-state index < -0.39 is 0 Å². The first kappa shape index (κ1) is 15.3. The van der Waals surface area contributed by atoms with Gasteiger partial charge in [-0.25, -0.2) is 0 Å². The largest absolute Gasteiger partial charge is 0.307 e. The van der Waals surface area contributed by atoms with Crippen LogP contribution in [0.1, 0.15) is 52.9 Å². The zero-order valence-electron chi connectivity index (χ0n) is 10.8. The minimum Gasteiger partial charge on any atom is -0.307 e. The molecule has 0 saturated heterocycles. The summed E-state index contributed by atoms with van der Waals surface area (Å²) in [6.07, 6.45) is 5.19. The van der Waals surface area contributed by atoms with E-state index in [1.807, 2.05) is 20.8 Å². The molecule has 1 unspecified atom stereocenters. The fourth-order valence-electron chi connectivity index (χ4n) is 1.62. The molecule has 0 aromatic heterocycles. The monoisotopic (exact) mass is 227 g/mol. The van der Waals surface area contributed by atoms with Gasteiger partial charge in [-0.1, -0.05) is 20.8 Å². The van der Waals surface area contributed by atoms with Crippen molar-refractivity contribution in [3.05, 3.63) is 0 Å². The van der Waals surface area contributed by atoms with E-state index in [9.17, 15) is 9.59 Å². The van der Waals surface area contributed by atoms with Crippen LogP contribution in [0, 0.1) is 5.92 Å². The molecule has 1 N–H and O–H groups in total. The Labute approximate surface area is 99.0 Å². The van der Waals surface area contributed by atoms with Gasteiger partial charge in [0.25, 0.3) is 0 Å². The van der Waals surface area contributed by atoms with E-state index in [4.69, 9.17) is 0 Å². The van der Waals surface area contributed by atoms with Crippen LogP contribution in [0.5, 0.6) is 0 Å². The summed E-state index contributed by atoms with van der Waals surface area (Å²) in [4.78, 5) is 22.0. The second-order valence-corrected chi connectivity index (χ2v) is 4.29. The van der Waals surface area contributed by atoms with Crippen molar-refractivity contribution in [3.8, 4) is 0 Å². The Morgan fingerprint density at radius 1 is 1.25 bits per heavy atom. The van der Waals surface area contributed by atoms with Gasteiger partial charge in [-0.05, 0) is 32.2 Å². The van der Waals surface area contributed by atoms with Crippen molar-refractivity contribution in [2.75, 3.05) is 6.54 Å².